The third-order valence-electron chi connectivity index (χ3n) is 1.30. The van der Waals surface area contributed by atoms with Crippen LogP contribution in [-0.4, -0.2) is 6.41 Å². The molecule has 0 heterocycles. The van der Waals surface area contributed by atoms with Gasteiger partial charge in [0.2, 0.25) is 6.41 Å². The third kappa shape index (κ3) is 3.34. The molecule has 0 bridgehead atoms. The van der Waals surface area contributed by atoms with E-state index in [4.69, 9.17) is 0 Å². The molecule has 0 aliphatic rings. The molecule has 0 aliphatic carbocycles. The van der Waals surface area contributed by atoms with Crippen LogP contribution in [0.2, 0.25) is 0 Å². The molecule has 1 N–H and O–H groups in total. The molecule has 0 saturated heterocycles. The molecule has 1 amide bonds. The van der Waals surface area contributed by atoms with E-state index in [1.54, 1.807) is 12.1 Å². The van der Waals surface area contributed by atoms with E-state index < -0.39 is 0 Å². The van der Waals surface area contributed by atoms with Gasteiger partial charge >= 0.3 is 0 Å². The number of hydrogen-bond acceptors (Lipinski definition) is 1. The number of amides is 1. The highest BCUT2D eigenvalue weighted by molar-refractivity contribution is 5.85. The number of rotatable bonds is 3. The Morgan fingerprint density at radius 1 is 1.33 bits per heavy atom. The minimum absolute atomic E-state index is 0. The van der Waals surface area contributed by atoms with Crippen LogP contribution < -0.4 is 5.32 Å². The first-order valence-electron chi connectivity index (χ1n) is 3.24. The quantitative estimate of drug-likeness (QED) is 0.718. The number of carbonyl (C=O) groups is 1. The predicted octanol–water partition coefficient (Wildman–Crippen LogP) is 1.49. The maximum atomic E-state index is 12.3. The molecule has 1 rings (SSSR count). The smallest absolute Gasteiger partial charge is 0.207 e. The van der Waals surface area contributed by atoms with Crippen LogP contribution >= 0.6 is 12.4 Å². The Morgan fingerprint density at radius 3 is 2.42 bits per heavy atom. The Balaban J connectivity index is 0.00000121. The molecule has 4 heteroatoms. The van der Waals surface area contributed by atoms with Gasteiger partial charge in [0.25, 0.3) is 0 Å². The van der Waals surface area contributed by atoms with Crippen molar-refractivity contribution < 1.29 is 9.18 Å². The van der Waals surface area contributed by atoms with Crippen LogP contribution in [0.5, 0.6) is 0 Å². The first-order valence-corrected chi connectivity index (χ1v) is 3.24. The zero-order chi connectivity index (χ0) is 8.10. The molecule has 0 atom stereocenters. The van der Waals surface area contributed by atoms with E-state index >= 15 is 0 Å². The topological polar surface area (TPSA) is 29.1 Å². The molecule has 0 saturated carbocycles. The fourth-order valence-electron chi connectivity index (χ4n) is 0.762. The van der Waals surface area contributed by atoms with E-state index in [1.165, 1.54) is 12.1 Å². The maximum absolute atomic E-state index is 12.3. The Morgan fingerprint density at radius 2 is 1.92 bits per heavy atom. The van der Waals surface area contributed by atoms with Gasteiger partial charge in [-0.3, -0.25) is 4.79 Å². The Kier molecular flexibility index (Phi) is 5.04. The van der Waals surface area contributed by atoms with Crippen molar-refractivity contribution in [2.75, 3.05) is 0 Å². The van der Waals surface area contributed by atoms with Gasteiger partial charge in [-0.15, -0.1) is 12.4 Å². The molecular weight excluding hydrogens is 181 g/mol. The average Bonchev–Trinajstić information content (AvgIpc) is 2.04. The molecule has 12 heavy (non-hydrogen) atoms. The summed E-state index contributed by atoms with van der Waals surface area (Å²) in [6.07, 6.45) is 0.614. The Labute approximate surface area is 76.2 Å². The fourth-order valence-corrected chi connectivity index (χ4v) is 0.762. The van der Waals surface area contributed by atoms with Gasteiger partial charge in [-0.05, 0) is 17.7 Å². The summed E-state index contributed by atoms with van der Waals surface area (Å²) in [7, 11) is 0. The number of benzene rings is 1. The lowest BCUT2D eigenvalue weighted by Gasteiger charge is -1.97. The lowest BCUT2D eigenvalue weighted by molar-refractivity contribution is -0.109. The molecule has 1 aromatic rings. The molecule has 0 radical (unpaired) electrons. The van der Waals surface area contributed by atoms with Gasteiger partial charge in [-0.1, -0.05) is 12.1 Å². The summed E-state index contributed by atoms with van der Waals surface area (Å²) in [6.45, 7) is 0.448. The predicted molar refractivity (Wildman–Crippen MR) is 46.6 cm³/mol. The first kappa shape index (κ1) is 10.9. The standard InChI is InChI=1S/C8H8FNO.ClH/c9-8-3-1-7(2-4-8)5-10-6-11;/h1-4,6H,5H2,(H,10,11);1H. The highest BCUT2D eigenvalue weighted by Crippen LogP contribution is 2.01. The van der Waals surface area contributed by atoms with Gasteiger partial charge in [0.15, 0.2) is 0 Å². The van der Waals surface area contributed by atoms with Crippen LogP contribution in [0.4, 0.5) is 4.39 Å². The van der Waals surface area contributed by atoms with Crippen LogP contribution in [0.1, 0.15) is 5.56 Å². The summed E-state index contributed by atoms with van der Waals surface area (Å²) in [5, 5.41) is 2.48. The Bertz CT molecular complexity index is 237. The van der Waals surface area contributed by atoms with E-state index in [0.717, 1.165) is 5.56 Å². The van der Waals surface area contributed by atoms with Crippen LogP contribution in [0.25, 0.3) is 0 Å². The second kappa shape index (κ2) is 5.55. The van der Waals surface area contributed by atoms with E-state index in [0.29, 0.717) is 13.0 Å². The van der Waals surface area contributed by atoms with E-state index in [-0.39, 0.29) is 18.2 Å². The lowest BCUT2D eigenvalue weighted by atomic mass is 10.2. The average molecular weight is 190 g/mol. The molecule has 1 aromatic carbocycles. The van der Waals surface area contributed by atoms with Gasteiger partial charge in [0.1, 0.15) is 5.82 Å². The first-order chi connectivity index (χ1) is 5.33. The van der Waals surface area contributed by atoms with Gasteiger partial charge in [0.05, 0.1) is 0 Å². The summed E-state index contributed by atoms with van der Waals surface area (Å²) in [6, 6.07) is 5.99. The van der Waals surface area contributed by atoms with Crippen molar-refractivity contribution in [3.63, 3.8) is 0 Å². The van der Waals surface area contributed by atoms with Crippen LogP contribution in [0.15, 0.2) is 24.3 Å². The number of halogens is 2. The summed E-state index contributed by atoms with van der Waals surface area (Å²) >= 11 is 0. The molecule has 66 valence electrons. The fraction of sp³-hybridized carbons (Fsp3) is 0.125. The molecule has 0 spiro atoms. The normalized spacial score (nSPS) is 8.42. The van der Waals surface area contributed by atoms with E-state index in [9.17, 15) is 9.18 Å². The zero-order valence-corrected chi connectivity index (χ0v) is 7.10. The van der Waals surface area contributed by atoms with Gasteiger partial charge in [0, 0.05) is 6.54 Å². The van der Waals surface area contributed by atoms with Gasteiger partial charge < -0.3 is 5.32 Å². The van der Waals surface area contributed by atoms with Crippen LogP contribution in [0.3, 0.4) is 0 Å². The minimum atomic E-state index is -0.264. The third-order valence-corrected chi connectivity index (χ3v) is 1.30. The number of nitrogens with one attached hydrogen (secondary N) is 1. The highest BCUT2D eigenvalue weighted by Gasteiger charge is 1.90. The van der Waals surface area contributed by atoms with Crippen molar-refractivity contribution >= 4 is 18.8 Å². The number of hydrogen-bond donors (Lipinski definition) is 1. The minimum Gasteiger partial charge on any atom is -0.355 e. The second-order valence-electron chi connectivity index (χ2n) is 2.13. The Hall–Kier alpha value is -1.09. The summed E-state index contributed by atoms with van der Waals surface area (Å²) in [5.74, 6) is -0.264. The van der Waals surface area contributed by atoms with Crippen molar-refractivity contribution in [1.82, 2.24) is 5.32 Å². The molecule has 0 fully saturated rings. The molecule has 2 nitrogen and oxygen atoms in total. The van der Waals surface area contributed by atoms with Gasteiger partial charge in [-0.2, -0.15) is 0 Å². The largest absolute Gasteiger partial charge is 0.355 e. The van der Waals surface area contributed by atoms with Crippen molar-refractivity contribution in [3.05, 3.63) is 35.6 Å². The zero-order valence-electron chi connectivity index (χ0n) is 6.29. The molecule has 0 aromatic heterocycles. The number of carbonyl (C=O) groups excluding carboxylic acids is 1. The van der Waals surface area contributed by atoms with Crippen LogP contribution in [0, 0.1) is 5.82 Å². The molecule has 0 aliphatic heterocycles. The maximum Gasteiger partial charge on any atom is 0.207 e. The van der Waals surface area contributed by atoms with E-state index in [2.05, 4.69) is 5.32 Å². The molecular formula is C8H9ClFNO. The van der Waals surface area contributed by atoms with Gasteiger partial charge in [-0.25, -0.2) is 4.39 Å². The summed E-state index contributed by atoms with van der Waals surface area (Å²) < 4.78 is 12.3. The SMILES string of the molecule is Cl.O=CNCc1ccc(F)cc1. The molecule has 0 unspecified atom stereocenters. The highest BCUT2D eigenvalue weighted by atomic mass is 35.5. The lowest BCUT2D eigenvalue weighted by Crippen LogP contribution is -2.09. The van der Waals surface area contributed by atoms with Crippen molar-refractivity contribution in [3.8, 4) is 0 Å². The van der Waals surface area contributed by atoms with Crippen molar-refractivity contribution in [2.24, 2.45) is 0 Å². The van der Waals surface area contributed by atoms with E-state index in [1.807, 2.05) is 0 Å². The van der Waals surface area contributed by atoms with Crippen molar-refractivity contribution in [1.29, 1.82) is 0 Å². The van der Waals surface area contributed by atoms with Crippen LogP contribution in [-0.2, 0) is 11.3 Å². The monoisotopic (exact) mass is 189 g/mol. The second-order valence-corrected chi connectivity index (χ2v) is 2.13. The summed E-state index contributed by atoms with van der Waals surface area (Å²) in [5.41, 5.74) is 0.888. The van der Waals surface area contributed by atoms with Crippen molar-refractivity contribution in [2.45, 2.75) is 6.54 Å². The summed E-state index contributed by atoms with van der Waals surface area (Å²) in [4.78, 5) is 9.86.